The summed E-state index contributed by atoms with van der Waals surface area (Å²) in [6.45, 7) is 4.77. The third-order valence-corrected chi connectivity index (χ3v) is 3.20. The molecule has 0 saturated carbocycles. The topological polar surface area (TPSA) is 49.8 Å². The van der Waals surface area contributed by atoms with Gasteiger partial charge in [0.05, 0.1) is 0 Å². The average Bonchev–Trinajstić information content (AvgIpc) is 2.41. The van der Waals surface area contributed by atoms with Crippen molar-refractivity contribution >= 4 is 5.97 Å². The van der Waals surface area contributed by atoms with Gasteiger partial charge < -0.3 is 9.84 Å². The number of carboxylic acids is 1. The van der Waals surface area contributed by atoms with Gasteiger partial charge in [-0.3, -0.25) is 4.90 Å². The SMILES string of the molecule is Cc1ccc(OCCN2CCC=C(C(=O)O)C2)cc1. The van der Waals surface area contributed by atoms with Crippen molar-refractivity contribution in [2.45, 2.75) is 13.3 Å². The number of aryl methyl sites for hydroxylation is 1. The van der Waals surface area contributed by atoms with E-state index in [1.165, 1.54) is 5.56 Å². The van der Waals surface area contributed by atoms with Gasteiger partial charge in [-0.2, -0.15) is 0 Å². The molecular weight excluding hydrogens is 242 g/mol. The van der Waals surface area contributed by atoms with Crippen LogP contribution in [0.1, 0.15) is 12.0 Å². The second-order valence-electron chi connectivity index (χ2n) is 4.76. The van der Waals surface area contributed by atoms with Crippen molar-refractivity contribution in [2.75, 3.05) is 26.2 Å². The lowest BCUT2D eigenvalue weighted by molar-refractivity contribution is -0.133. The number of carbonyl (C=O) groups is 1. The zero-order valence-corrected chi connectivity index (χ0v) is 11.1. The molecule has 102 valence electrons. The Kier molecular flexibility index (Phi) is 4.58. The van der Waals surface area contributed by atoms with Gasteiger partial charge in [0.2, 0.25) is 0 Å². The smallest absolute Gasteiger partial charge is 0.332 e. The van der Waals surface area contributed by atoms with Gasteiger partial charge in [-0.1, -0.05) is 23.8 Å². The summed E-state index contributed by atoms with van der Waals surface area (Å²) in [5.74, 6) is 0.0424. The van der Waals surface area contributed by atoms with Crippen molar-refractivity contribution in [3.05, 3.63) is 41.5 Å². The number of ether oxygens (including phenoxy) is 1. The Labute approximate surface area is 113 Å². The summed E-state index contributed by atoms with van der Waals surface area (Å²) in [5.41, 5.74) is 1.70. The third kappa shape index (κ3) is 4.10. The molecule has 1 aromatic carbocycles. The van der Waals surface area contributed by atoms with Gasteiger partial charge in [0.1, 0.15) is 12.4 Å². The highest BCUT2D eigenvalue weighted by molar-refractivity contribution is 5.87. The van der Waals surface area contributed by atoms with Crippen LogP contribution < -0.4 is 4.74 Å². The molecule has 0 atom stereocenters. The van der Waals surface area contributed by atoms with Crippen LogP contribution in [0.15, 0.2) is 35.9 Å². The van der Waals surface area contributed by atoms with Gasteiger partial charge in [0, 0.05) is 25.2 Å². The monoisotopic (exact) mass is 261 g/mol. The predicted molar refractivity (Wildman–Crippen MR) is 73.4 cm³/mol. The molecule has 0 unspecified atom stereocenters. The highest BCUT2D eigenvalue weighted by Crippen LogP contribution is 2.12. The van der Waals surface area contributed by atoms with Crippen molar-refractivity contribution in [3.8, 4) is 5.75 Å². The summed E-state index contributed by atoms with van der Waals surface area (Å²) >= 11 is 0. The lowest BCUT2D eigenvalue weighted by atomic mass is 10.1. The van der Waals surface area contributed by atoms with Crippen LogP contribution in [-0.2, 0) is 4.79 Å². The molecule has 1 N–H and O–H groups in total. The van der Waals surface area contributed by atoms with E-state index in [4.69, 9.17) is 9.84 Å². The van der Waals surface area contributed by atoms with Crippen LogP contribution in [0, 0.1) is 6.92 Å². The number of aliphatic carboxylic acids is 1. The number of carboxylic acid groups (broad SMARTS) is 1. The van der Waals surface area contributed by atoms with Gasteiger partial charge in [0.25, 0.3) is 0 Å². The van der Waals surface area contributed by atoms with Gasteiger partial charge >= 0.3 is 5.97 Å². The van der Waals surface area contributed by atoms with Crippen LogP contribution in [-0.4, -0.2) is 42.2 Å². The molecule has 0 fully saturated rings. The van der Waals surface area contributed by atoms with Crippen LogP contribution in [0.3, 0.4) is 0 Å². The fourth-order valence-corrected chi connectivity index (χ4v) is 2.08. The molecule has 1 aromatic rings. The molecule has 0 aromatic heterocycles. The Morgan fingerprint density at radius 3 is 2.79 bits per heavy atom. The van der Waals surface area contributed by atoms with E-state index in [1.54, 1.807) is 6.08 Å². The van der Waals surface area contributed by atoms with Crippen molar-refractivity contribution < 1.29 is 14.6 Å². The first-order valence-electron chi connectivity index (χ1n) is 6.49. The molecule has 0 aliphatic carbocycles. The first kappa shape index (κ1) is 13.6. The van der Waals surface area contributed by atoms with Gasteiger partial charge in [-0.05, 0) is 25.5 Å². The van der Waals surface area contributed by atoms with Crippen molar-refractivity contribution in [1.29, 1.82) is 0 Å². The van der Waals surface area contributed by atoms with Crippen LogP contribution >= 0.6 is 0 Å². The Bertz CT molecular complexity index is 465. The fourth-order valence-electron chi connectivity index (χ4n) is 2.08. The van der Waals surface area contributed by atoms with Crippen LogP contribution in [0.5, 0.6) is 5.75 Å². The predicted octanol–water partition coefficient (Wildman–Crippen LogP) is 2.09. The molecule has 4 nitrogen and oxygen atoms in total. The second kappa shape index (κ2) is 6.38. The minimum absolute atomic E-state index is 0.488. The van der Waals surface area contributed by atoms with Gasteiger partial charge in [0.15, 0.2) is 0 Å². The molecule has 0 spiro atoms. The summed E-state index contributed by atoms with van der Waals surface area (Å²) in [7, 11) is 0. The minimum Gasteiger partial charge on any atom is -0.492 e. The molecule has 1 heterocycles. The van der Waals surface area contributed by atoms with E-state index in [0.717, 1.165) is 25.3 Å². The maximum Gasteiger partial charge on any atom is 0.332 e. The maximum atomic E-state index is 10.9. The lowest BCUT2D eigenvalue weighted by Crippen LogP contribution is -2.35. The van der Waals surface area contributed by atoms with Crippen LogP contribution in [0.2, 0.25) is 0 Å². The molecule has 0 saturated heterocycles. The highest BCUT2D eigenvalue weighted by atomic mass is 16.5. The number of nitrogens with zero attached hydrogens (tertiary/aromatic N) is 1. The summed E-state index contributed by atoms with van der Waals surface area (Å²) in [6, 6.07) is 7.94. The average molecular weight is 261 g/mol. The highest BCUT2D eigenvalue weighted by Gasteiger charge is 2.16. The van der Waals surface area contributed by atoms with E-state index in [1.807, 2.05) is 31.2 Å². The summed E-state index contributed by atoms with van der Waals surface area (Å²) in [6.07, 6.45) is 2.60. The van der Waals surface area contributed by atoms with E-state index in [2.05, 4.69) is 4.90 Å². The maximum absolute atomic E-state index is 10.9. The van der Waals surface area contributed by atoms with Crippen molar-refractivity contribution in [3.63, 3.8) is 0 Å². The Hall–Kier alpha value is -1.81. The van der Waals surface area contributed by atoms with Crippen molar-refractivity contribution in [1.82, 2.24) is 4.90 Å². The molecule has 2 rings (SSSR count). The largest absolute Gasteiger partial charge is 0.492 e. The normalized spacial score (nSPS) is 15.9. The molecule has 0 bridgehead atoms. The number of hydrogen-bond acceptors (Lipinski definition) is 3. The van der Waals surface area contributed by atoms with E-state index in [9.17, 15) is 4.79 Å². The standard InChI is InChI=1S/C15H19NO3/c1-12-4-6-14(7-5-12)19-10-9-16-8-2-3-13(11-16)15(17)18/h3-7H,2,8-11H2,1H3,(H,17,18). The van der Waals surface area contributed by atoms with Gasteiger partial charge in [-0.15, -0.1) is 0 Å². The zero-order chi connectivity index (χ0) is 13.7. The Morgan fingerprint density at radius 2 is 2.11 bits per heavy atom. The zero-order valence-electron chi connectivity index (χ0n) is 11.1. The number of rotatable bonds is 5. The Balaban J connectivity index is 1.76. The first-order valence-corrected chi connectivity index (χ1v) is 6.49. The molecule has 1 aliphatic rings. The molecule has 1 aliphatic heterocycles. The Morgan fingerprint density at radius 1 is 1.37 bits per heavy atom. The minimum atomic E-state index is -0.816. The van der Waals surface area contributed by atoms with Gasteiger partial charge in [-0.25, -0.2) is 4.79 Å². The second-order valence-corrected chi connectivity index (χ2v) is 4.76. The summed E-state index contributed by atoms with van der Waals surface area (Å²) in [5, 5.41) is 8.96. The first-order chi connectivity index (χ1) is 9.15. The lowest BCUT2D eigenvalue weighted by Gasteiger charge is -2.25. The molecule has 0 amide bonds. The summed E-state index contributed by atoms with van der Waals surface area (Å²) < 4.78 is 5.65. The quantitative estimate of drug-likeness (QED) is 0.881. The molecular formula is C15H19NO3. The third-order valence-electron chi connectivity index (χ3n) is 3.20. The van der Waals surface area contributed by atoms with E-state index in [0.29, 0.717) is 18.7 Å². The van der Waals surface area contributed by atoms with E-state index < -0.39 is 5.97 Å². The number of hydrogen-bond donors (Lipinski definition) is 1. The number of benzene rings is 1. The molecule has 0 radical (unpaired) electrons. The summed E-state index contributed by atoms with van der Waals surface area (Å²) in [4.78, 5) is 13.0. The van der Waals surface area contributed by atoms with Crippen molar-refractivity contribution in [2.24, 2.45) is 0 Å². The van der Waals surface area contributed by atoms with Crippen LogP contribution in [0.4, 0.5) is 0 Å². The van der Waals surface area contributed by atoms with E-state index >= 15 is 0 Å². The van der Waals surface area contributed by atoms with Crippen LogP contribution in [0.25, 0.3) is 0 Å². The molecule has 4 heteroatoms. The van der Waals surface area contributed by atoms with E-state index in [-0.39, 0.29) is 0 Å². The molecule has 19 heavy (non-hydrogen) atoms. The fraction of sp³-hybridized carbons (Fsp3) is 0.400.